The van der Waals surface area contributed by atoms with Crippen molar-refractivity contribution in [1.29, 1.82) is 0 Å². The van der Waals surface area contributed by atoms with Gasteiger partial charge >= 0.3 is 0 Å². The average molecular weight is 382 g/mol. The van der Waals surface area contributed by atoms with E-state index in [0.717, 1.165) is 5.56 Å². The molecule has 0 radical (unpaired) electrons. The van der Waals surface area contributed by atoms with Gasteiger partial charge in [-0.25, -0.2) is 8.42 Å². The van der Waals surface area contributed by atoms with Crippen molar-refractivity contribution in [3.8, 4) is 0 Å². The SMILES string of the molecule is C[C@H](c1cccc([N+](=O)[O-])c1)[NH+]1CCN(S(=O)(=O)c2cccs2)CC1. The molecule has 134 valence electrons. The Labute approximate surface area is 150 Å². The lowest BCUT2D eigenvalue weighted by atomic mass is 10.1. The molecule has 1 aromatic carbocycles. The summed E-state index contributed by atoms with van der Waals surface area (Å²) in [4.78, 5) is 11.8. The first-order chi connectivity index (χ1) is 11.9. The number of quaternary nitrogens is 1. The third-order valence-electron chi connectivity index (χ3n) is 4.65. The zero-order valence-electron chi connectivity index (χ0n) is 13.8. The molecule has 0 aliphatic carbocycles. The van der Waals surface area contributed by atoms with Crippen LogP contribution in [0.5, 0.6) is 0 Å². The smallest absolute Gasteiger partial charge is 0.269 e. The molecule has 0 bridgehead atoms. The van der Waals surface area contributed by atoms with E-state index >= 15 is 0 Å². The molecular formula is C16H20N3O4S2+. The Hall–Kier alpha value is -1.81. The number of nitrogens with zero attached hydrogens (tertiary/aromatic N) is 2. The van der Waals surface area contributed by atoms with Crippen LogP contribution >= 0.6 is 11.3 Å². The summed E-state index contributed by atoms with van der Waals surface area (Å²) in [6, 6.07) is 10.1. The molecule has 0 spiro atoms. The van der Waals surface area contributed by atoms with Crippen molar-refractivity contribution in [2.24, 2.45) is 0 Å². The predicted molar refractivity (Wildman–Crippen MR) is 95.3 cm³/mol. The maximum absolute atomic E-state index is 12.6. The second kappa shape index (κ2) is 7.20. The van der Waals surface area contributed by atoms with Gasteiger partial charge in [-0.1, -0.05) is 18.2 Å². The maximum atomic E-state index is 12.6. The predicted octanol–water partition coefficient (Wildman–Crippen LogP) is 1.31. The number of hydrogen-bond donors (Lipinski definition) is 1. The summed E-state index contributed by atoms with van der Waals surface area (Å²) in [5, 5.41) is 12.7. The van der Waals surface area contributed by atoms with Gasteiger partial charge in [-0.3, -0.25) is 10.1 Å². The Balaban J connectivity index is 1.68. The van der Waals surface area contributed by atoms with Crippen LogP contribution in [-0.2, 0) is 10.0 Å². The largest absolute Gasteiger partial charge is 0.327 e. The van der Waals surface area contributed by atoms with Gasteiger partial charge in [-0.05, 0) is 18.4 Å². The molecular weight excluding hydrogens is 362 g/mol. The molecule has 0 amide bonds. The highest BCUT2D eigenvalue weighted by Gasteiger charge is 2.33. The van der Waals surface area contributed by atoms with Gasteiger partial charge in [0.05, 0.1) is 31.1 Å². The number of hydrogen-bond acceptors (Lipinski definition) is 5. The number of benzene rings is 1. The van der Waals surface area contributed by atoms with Crippen molar-refractivity contribution in [3.63, 3.8) is 0 Å². The van der Waals surface area contributed by atoms with Crippen LogP contribution in [0.25, 0.3) is 0 Å². The van der Waals surface area contributed by atoms with Gasteiger partial charge < -0.3 is 4.90 Å². The fraction of sp³-hybridized carbons (Fsp3) is 0.375. The van der Waals surface area contributed by atoms with Crippen LogP contribution in [0.3, 0.4) is 0 Å². The molecule has 3 rings (SSSR count). The lowest BCUT2D eigenvalue weighted by Crippen LogP contribution is -3.14. The second-order valence-corrected chi connectivity index (χ2v) is 9.18. The van der Waals surface area contributed by atoms with Gasteiger partial charge in [-0.15, -0.1) is 11.3 Å². The van der Waals surface area contributed by atoms with Gasteiger partial charge in [0, 0.05) is 17.7 Å². The molecule has 1 N–H and O–H groups in total. The van der Waals surface area contributed by atoms with Crippen molar-refractivity contribution < 1.29 is 18.2 Å². The highest BCUT2D eigenvalue weighted by molar-refractivity contribution is 7.91. The molecule has 1 aliphatic rings. The number of rotatable bonds is 5. The van der Waals surface area contributed by atoms with Gasteiger partial charge in [0.15, 0.2) is 0 Å². The van der Waals surface area contributed by atoms with Crippen molar-refractivity contribution in [3.05, 3.63) is 57.5 Å². The molecule has 1 fully saturated rings. The Morgan fingerprint density at radius 2 is 1.96 bits per heavy atom. The van der Waals surface area contributed by atoms with Crippen LogP contribution in [0.1, 0.15) is 18.5 Å². The Morgan fingerprint density at radius 3 is 2.56 bits per heavy atom. The normalized spacial score (nSPS) is 18.1. The number of nitro groups is 1. The van der Waals surface area contributed by atoms with Crippen molar-refractivity contribution in [2.75, 3.05) is 26.2 Å². The Bertz CT molecular complexity index is 844. The maximum Gasteiger partial charge on any atom is 0.269 e. The van der Waals surface area contributed by atoms with Crippen LogP contribution in [0.2, 0.25) is 0 Å². The van der Waals surface area contributed by atoms with Gasteiger partial charge in [0.1, 0.15) is 10.3 Å². The third kappa shape index (κ3) is 3.74. The fourth-order valence-corrected chi connectivity index (χ4v) is 5.71. The van der Waals surface area contributed by atoms with Gasteiger partial charge in [0.25, 0.3) is 15.7 Å². The molecule has 2 heterocycles. The zero-order chi connectivity index (χ0) is 18.0. The molecule has 1 saturated heterocycles. The lowest BCUT2D eigenvalue weighted by Gasteiger charge is -2.34. The number of thiophene rings is 1. The minimum absolute atomic E-state index is 0.0755. The number of nitro benzene ring substituents is 1. The van der Waals surface area contributed by atoms with Crippen molar-refractivity contribution in [1.82, 2.24) is 4.31 Å². The van der Waals surface area contributed by atoms with Crippen molar-refractivity contribution >= 4 is 27.0 Å². The molecule has 25 heavy (non-hydrogen) atoms. The summed E-state index contributed by atoms with van der Waals surface area (Å²) in [5.74, 6) is 0. The summed E-state index contributed by atoms with van der Waals surface area (Å²) in [7, 11) is -3.40. The van der Waals surface area contributed by atoms with Crippen molar-refractivity contribution in [2.45, 2.75) is 17.2 Å². The van der Waals surface area contributed by atoms with E-state index in [9.17, 15) is 18.5 Å². The van der Waals surface area contributed by atoms with Crippen LogP contribution in [0.15, 0.2) is 46.0 Å². The van der Waals surface area contributed by atoms with E-state index in [1.54, 1.807) is 29.6 Å². The van der Waals surface area contributed by atoms with Gasteiger partial charge in [0.2, 0.25) is 0 Å². The van der Waals surface area contributed by atoms with E-state index in [-0.39, 0.29) is 11.7 Å². The quantitative estimate of drug-likeness (QED) is 0.624. The first-order valence-electron chi connectivity index (χ1n) is 8.02. The van der Waals surface area contributed by atoms with E-state index in [4.69, 9.17) is 0 Å². The minimum atomic E-state index is -3.40. The van der Waals surface area contributed by atoms with E-state index in [1.807, 2.05) is 13.0 Å². The summed E-state index contributed by atoms with van der Waals surface area (Å²) >= 11 is 1.23. The Kier molecular flexibility index (Phi) is 5.19. The van der Waals surface area contributed by atoms with Crippen LogP contribution < -0.4 is 4.90 Å². The topological polar surface area (TPSA) is 85.0 Å². The van der Waals surface area contributed by atoms with E-state index in [0.29, 0.717) is 30.4 Å². The van der Waals surface area contributed by atoms with E-state index in [2.05, 4.69) is 0 Å². The molecule has 0 unspecified atom stereocenters. The van der Waals surface area contributed by atoms with Crippen LogP contribution in [-0.4, -0.2) is 43.8 Å². The molecule has 1 aromatic heterocycles. The first kappa shape index (κ1) is 18.0. The molecule has 2 aromatic rings. The molecule has 1 atom stereocenters. The average Bonchev–Trinajstić information content (AvgIpc) is 3.17. The number of sulfonamides is 1. The van der Waals surface area contributed by atoms with Gasteiger partial charge in [-0.2, -0.15) is 4.31 Å². The highest BCUT2D eigenvalue weighted by Crippen LogP contribution is 2.21. The zero-order valence-corrected chi connectivity index (χ0v) is 15.4. The fourth-order valence-electron chi connectivity index (χ4n) is 3.13. The monoisotopic (exact) mass is 382 g/mol. The minimum Gasteiger partial charge on any atom is -0.327 e. The molecule has 1 aliphatic heterocycles. The third-order valence-corrected chi connectivity index (χ3v) is 7.92. The standard InChI is InChI=1S/C16H19N3O4S2/c1-13(14-4-2-5-15(12-14)19(20)21)17-7-9-18(10-8-17)25(22,23)16-6-3-11-24-16/h2-6,11-13H,7-10H2,1H3/p+1/t13-/m1/s1. The number of piperazine rings is 1. The Morgan fingerprint density at radius 1 is 1.24 bits per heavy atom. The molecule has 7 nitrogen and oxygen atoms in total. The van der Waals surface area contributed by atoms with Crippen LogP contribution in [0.4, 0.5) is 5.69 Å². The summed E-state index contributed by atoms with van der Waals surface area (Å²) in [6.07, 6.45) is 0. The number of nitrogens with one attached hydrogen (secondary N) is 1. The van der Waals surface area contributed by atoms with E-state index < -0.39 is 14.9 Å². The summed E-state index contributed by atoms with van der Waals surface area (Å²) < 4.78 is 27.0. The molecule has 0 saturated carbocycles. The summed E-state index contributed by atoms with van der Waals surface area (Å²) in [6.45, 7) is 4.28. The number of non-ortho nitro benzene ring substituents is 1. The lowest BCUT2D eigenvalue weighted by molar-refractivity contribution is -0.933. The van der Waals surface area contributed by atoms with Crippen LogP contribution in [0, 0.1) is 10.1 Å². The first-order valence-corrected chi connectivity index (χ1v) is 10.3. The molecule has 9 heteroatoms. The second-order valence-electron chi connectivity index (χ2n) is 6.07. The highest BCUT2D eigenvalue weighted by atomic mass is 32.2. The van der Waals surface area contributed by atoms with E-state index in [1.165, 1.54) is 26.6 Å². The summed E-state index contributed by atoms with van der Waals surface area (Å²) in [5.41, 5.74) is 0.987.